The highest BCUT2D eigenvalue weighted by molar-refractivity contribution is 5.53. The fourth-order valence-corrected chi connectivity index (χ4v) is 1.32. The van der Waals surface area contributed by atoms with Crippen molar-refractivity contribution in [2.24, 2.45) is 0 Å². The first-order valence-electron chi connectivity index (χ1n) is 4.94. The van der Waals surface area contributed by atoms with E-state index in [1.165, 1.54) is 30.5 Å². The highest BCUT2D eigenvalue weighted by Gasteiger charge is 2.05. The van der Waals surface area contributed by atoms with Crippen LogP contribution >= 0.6 is 0 Å². The quantitative estimate of drug-likeness (QED) is 0.764. The lowest BCUT2D eigenvalue weighted by atomic mass is 10.3. The molecule has 0 saturated carbocycles. The summed E-state index contributed by atoms with van der Waals surface area (Å²) in [7, 11) is 0. The number of anilines is 2. The third kappa shape index (κ3) is 2.25. The first-order valence-corrected chi connectivity index (χ1v) is 4.94. The molecule has 0 atom stereocenters. The Bertz CT molecular complexity index is 591. The van der Waals surface area contributed by atoms with E-state index in [-0.39, 0.29) is 17.3 Å². The monoisotopic (exact) mass is 234 g/mol. The number of nitrogen functional groups attached to an aromatic ring is 1. The minimum atomic E-state index is -0.336. The van der Waals surface area contributed by atoms with Gasteiger partial charge in [0.1, 0.15) is 5.82 Å². The Labute approximate surface area is 96.7 Å². The summed E-state index contributed by atoms with van der Waals surface area (Å²) in [5.41, 5.74) is 0.725. The molecule has 1 aromatic heterocycles. The van der Waals surface area contributed by atoms with Gasteiger partial charge >= 0.3 is 0 Å². The minimum Gasteiger partial charge on any atom is -0.333 e. The maximum Gasteiger partial charge on any atom is 0.276 e. The molecule has 6 heteroatoms. The van der Waals surface area contributed by atoms with Gasteiger partial charge in [0.05, 0.1) is 0 Å². The van der Waals surface area contributed by atoms with Gasteiger partial charge in [-0.25, -0.2) is 9.37 Å². The number of aromatic nitrogens is 2. The van der Waals surface area contributed by atoms with Crippen molar-refractivity contribution in [3.8, 4) is 0 Å². The minimum absolute atomic E-state index is 0.201. The number of halogens is 1. The molecule has 0 spiro atoms. The highest BCUT2D eigenvalue weighted by Crippen LogP contribution is 2.12. The van der Waals surface area contributed by atoms with Crippen LogP contribution in [0, 0.1) is 12.7 Å². The fraction of sp³-hybridized carbons (Fsp3) is 0.0909. The second-order valence-electron chi connectivity index (χ2n) is 3.57. The van der Waals surface area contributed by atoms with Crippen LogP contribution in [0.4, 0.5) is 16.0 Å². The molecule has 0 unspecified atom stereocenters. The van der Waals surface area contributed by atoms with E-state index in [2.05, 4.69) is 10.3 Å². The van der Waals surface area contributed by atoms with Crippen LogP contribution in [0.2, 0.25) is 0 Å². The number of nitrogens with zero attached hydrogens (tertiary/aromatic N) is 2. The molecule has 0 saturated heterocycles. The maximum absolute atomic E-state index is 12.7. The van der Waals surface area contributed by atoms with Crippen LogP contribution in [0.5, 0.6) is 0 Å². The van der Waals surface area contributed by atoms with E-state index in [1.54, 1.807) is 6.92 Å². The van der Waals surface area contributed by atoms with Crippen molar-refractivity contribution >= 4 is 11.6 Å². The summed E-state index contributed by atoms with van der Waals surface area (Å²) in [6, 6.07) is 5.66. The van der Waals surface area contributed by atoms with Crippen LogP contribution in [0.25, 0.3) is 0 Å². The van der Waals surface area contributed by atoms with Gasteiger partial charge in [0.25, 0.3) is 5.56 Å². The first kappa shape index (κ1) is 11.1. The lowest BCUT2D eigenvalue weighted by Gasteiger charge is -2.09. The van der Waals surface area contributed by atoms with Gasteiger partial charge in [-0.15, -0.1) is 0 Å². The van der Waals surface area contributed by atoms with E-state index in [4.69, 9.17) is 5.84 Å². The Morgan fingerprint density at radius 2 is 2.00 bits per heavy atom. The molecular formula is C11H11FN4O. The van der Waals surface area contributed by atoms with Crippen LogP contribution in [0.15, 0.2) is 35.3 Å². The Balaban J connectivity index is 2.34. The predicted molar refractivity (Wildman–Crippen MR) is 63.1 cm³/mol. The zero-order chi connectivity index (χ0) is 12.4. The Morgan fingerprint density at radius 1 is 1.35 bits per heavy atom. The van der Waals surface area contributed by atoms with Crippen LogP contribution in [-0.4, -0.2) is 9.66 Å². The molecule has 0 aliphatic carbocycles. The molecule has 1 aromatic carbocycles. The van der Waals surface area contributed by atoms with Gasteiger partial charge in [-0.1, -0.05) is 0 Å². The summed E-state index contributed by atoms with van der Waals surface area (Å²) in [5.74, 6) is 5.43. The maximum atomic E-state index is 12.7. The average molecular weight is 234 g/mol. The third-order valence-corrected chi connectivity index (χ3v) is 2.27. The van der Waals surface area contributed by atoms with Crippen LogP contribution in [-0.2, 0) is 0 Å². The molecule has 0 aliphatic heterocycles. The average Bonchev–Trinajstić information content (AvgIpc) is 2.33. The summed E-state index contributed by atoms with van der Waals surface area (Å²) < 4.78 is 13.6. The molecule has 0 amide bonds. The predicted octanol–water partition coefficient (Wildman–Crippen LogP) is 1.15. The summed E-state index contributed by atoms with van der Waals surface area (Å²) in [4.78, 5) is 15.5. The molecule has 1 heterocycles. The van der Waals surface area contributed by atoms with E-state index >= 15 is 0 Å². The van der Waals surface area contributed by atoms with Gasteiger partial charge in [-0.2, -0.15) is 4.68 Å². The Kier molecular flexibility index (Phi) is 2.78. The van der Waals surface area contributed by atoms with Crippen LogP contribution in [0.3, 0.4) is 0 Å². The second kappa shape index (κ2) is 4.25. The number of benzene rings is 1. The zero-order valence-corrected chi connectivity index (χ0v) is 9.14. The Hall–Kier alpha value is -2.37. The summed E-state index contributed by atoms with van der Waals surface area (Å²) in [6.45, 7) is 1.63. The topological polar surface area (TPSA) is 72.9 Å². The van der Waals surface area contributed by atoms with Crippen molar-refractivity contribution in [2.45, 2.75) is 6.92 Å². The van der Waals surface area contributed by atoms with Crippen molar-refractivity contribution in [1.29, 1.82) is 0 Å². The molecular weight excluding hydrogens is 223 g/mol. The van der Waals surface area contributed by atoms with Gasteiger partial charge in [0.15, 0.2) is 0 Å². The lowest BCUT2D eigenvalue weighted by molar-refractivity contribution is 0.628. The number of hydrogen-bond acceptors (Lipinski definition) is 4. The lowest BCUT2D eigenvalue weighted by Crippen LogP contribution is -2.31. The van der Waals surface area contributed by atoms with Crippen molar-refractivity contribution in [1.82, 2.24) is 9.66 Å². The van der Waals surface area contributed by atoms with Crippen molar-refractivity contribution in [2.75, 3.05) is 11.2 Å². The summed E-state index contributed by atoms with van der Waals surface area (Å²) in [5, 5.41) is 2.83. The molecule has 88 valence electrons. The number of rotatable bonds is 2. The number of nitrogens with two attached hydrogens (primary N) is 1. The van der Waals surface area contributed by atoms with Crippen LogP contribution in [0.1, 0.15) is 5.56 Å². The van der Waals surface area contributed by atoms with Gasteiger partial charge in [-0.05, 0) is 31.2 Å². The van der Waals surface area contributed by atoms with Crippen molar-refractivity contribution < 1.29 is 4.39 Å². The van der Waals surface area contributed by atoms with Crippen LogP contribution < -0.4 is 16.7 Å². The normalized spacial score (nSPS) is 10.2. The summed E-state index contributed by atoms with van der Waals surface area (Å²) >= 11 is 0. The van der Waals surface area contributed by atoms with Gasteiger partial charge in [-0.3, -0.25) is 4.79 Å². The second-order valence-corrected chi connectivity index (χ2v) is 3.57. The van der Waals surface area contributed by atoms with Gasteiger partial charge < -0.3 is 11.2 Å². The molecule has 3 N–H and O–H groups in total. The zero-order valence-electron chi connectivity index (χ0n) is 9.14. The number of hydrogen-bond donors (Lipinski definition) is 2. The smallest absolute Gasteiger partial charge is 0.276 e. The van der Waals surface area contributed by atoms with Gasteiger partial charge in [0, 0.05) is 17.4 Å². The SMILES string of the molecule is Cc1cnc(Nc2ccc(F)cc2)n(N)c1=O. The molecule has 2 rings (SSSR count). The van der Waals surface area contributed by atoms with Gasteiger partial charge in [0.2, 0.25) is 5.95 Å². The fourth-order valence-electron chi connectivity index (χ4n) is 1.32. The molecule has 0 radical (unpaired) electrons. The standard InChI is InChI=1S/C11H11FN4O/c1-7-6-14-11(16(13)10(7)17)15-9-4-2-8(12)3-5-9/h2-6H,13H2,1H3,(H,14,15). The summed E-state index contributed by atoms with van der Waals surface area (Å²) in [6.07, 6.45) is 1.43. The van der Waals surface area contributed by atoms with E-state index in [0.29, 0.717) is 11.3 Å². The van der Waals surface area contributed by atoms with E-state index in [9.17, 15) is 9.18 Å². The molecule has 17 heavy (non-hydrogen) atoms. The molecule has 2 aromatic rings. The number of nitrogens with one attached hydrogen (secondary N) is 1. The van der Waals surface area contributed by atoms with E-state index in [0.717, 1.165) is 4.68 Å². The van der Waals surface area contributed by atoms with Crippen molar-refractivity contribution in [3.63, 3.8) is 0 Å². The largest absolute Gasteiger partial charge is 0.333 e. The third-order valence-electron chi connectivity index (χ3n) is 2.27. The van der Waals surface area contributed by atoms with Crippen molar-refractivity contribution in [3.05, 3.63) is 52.2 Å². The molecule has 0 bridgehead atoms. The van der Waals surface area contributed by atoms with E-state index in [1.807, 2.05) is 0 Å². The number of aryl methyl sites for hydroxylation is 1. The molecule has 0 aliphatic rings. The molecule has 5 nitrogen and oxygen atoms in total. The highest BCUT2D eigenvalue weighted by atomic mass is 19.1. The van der Waals surface area contributed by atoms with E-state index < -0.39 is 0 Å². The molecule has 0 fully saturated rings. The first-order chi connectivity index (χ1) is 8.08. The Morgan fingerprint density at radius 3 is 2.65 bits per heavy atom.